The van der Waals surface area contributed by atoms with Crippen LogP contribution in [0.1, 0.15) is 51.9 Å². The van der Waals surface area contributed by atoms with Gasteiger partial charge in [0.2, 0.25) is 10.0 Å². The fourth-order valence-corrected chi connectivity index (χ4v) is 3.11. The van der Waals surface area contributed by atoms with E-state index in [9.17, 15) is 8.42 Å². The van der Waals surface area contributed by atoms with Gasteiger partial charge in [-0.3, -0.25) is 0 Å². The molecule has 20 heavy (non-hydrogen) atoms. The first-order valence-corrected chi connectivity index (χ1v) is 9.20. The van der Waals surface area contributed by atoms with Crippen LogP contribution in [-0.4, -0.2) is 52.9 Å². The first-order valence-electron chi connectivity index (χ1n) is 7.54. The van der Waals surface area contributed by atoms with Gasteiger partial charge in [-0.05, 0) is 6.42 Å². The summed E-state index contributed by atoms with van der Waals surface area (Å²) in [7, 11) is 3.30. The predicted molar refractivity (Wildman–Crippen MR) is 82.7 cm³/mol. The molecule has 0 spiro atoms. The first kappa shape index (κ1) is 22.9. The molecule has 124 valence electrons. The highest BCUT2D eigenvalue weighted by Gasteiger charge is 2.11. The minimum atomic E-state index is -3.05. The Morgan fingerprint density at radius 2 is 1.45 bits per heavy atom. The summed E-state index contributed by atoms with van der Waals surface area (Å²) in [6.45, 7) is 3.73. The average Bonchev–Trinajstić information content (AvgIpc) is 2.28. The molecule has 0 bridgehead atoms. The van der Waals surface area contributed by atoms with Crippen LogP contribution < -0.4 is 28.7 Å². The minimum Gasteiger partial charge on any atom is -1.00 e. The van der Waals surface area contributed by atoms with Gasteiger partial charge in [-0.15, -0.1) is 0 Å². The molecule has 0 fully saturated rings. The highest BCUT2D eigenvalue weighted by Crippen LogP contribution is 2.06. The van der Waals surface area contributed by atoms with Crippen LogP contribution >= 0.6 is 0 Å². The van der Waals surface area contributed by atoms with Crippen molar-refractivity contribution < 1.29 is 36.9 Å². The third kappa shape index (κ3) is 16.7. The fourth-order valence-electron chi connectivity index (χ4n) is 1.93. The van der Waals surface area contributed by atoms with E-state index in [1.807, 2.05) is 0 Å². The van der Waals surface area contributed by atoms with Crippen molar-refractivity contribution in [1.29, 1.82) is 0 Å². The Labute approximate surface area is 143 Å². The first-order chi connectivity index (χ1) is 8.77. The maximum atomic E-state index is 11.7. The van der Waals surface area contributed by atoms with E-state index in [0.717, 1.165) is 36.7 Å². The number of halogens is 1. The summed E-state index contributed by atoms with van der Waals surface area (Å²) in [6, 6.07) is 0. The summed E-state index contributed by atoms with van der Waals surface area (Å²) >= 11 is 0. The lowest BCUT2D eigenvalue weighted by atomic mass is 10.1. The molecule has 0 aliphatic carbocycles. The zero-order chi connectivity index (χ0) is 14.8. The molecular weight excluding hydrogens is 387 g/mol. The molecule has 0 aliphatic rings. The summed E-state index contributed by atoms with van der Waals surface area (Å²) in [5, 5.41) is 0. The SMILES string of the molecule is CCCCCCCCS(=O)(=O)NCCC[N+](C)(C)C.[I-]. The van der Waals surface area contributed by atoms with Crippen LogP contribution in [0.3, 0.4) is 0 Å². The topological polar surface area (TPSA) is 46.2 Å². The number of sulfonamides is 1. The molecule has 4 nitrogen and oxygen atoms in total. The lowest BCUT2D eigenvalue weighted by molar-refractivity contribution is -0.870. The number of hydrogen-bond donors (Lipinski definition) is 1. The molecule has 0 saturated carbocycles. The van der Waals surface area contributed by atoms with Crippen molar-refractivity contribution >= 4 is 10.0 Å². The third-order valence-electron chi connectivity index (χ3n) is 3.09. The van der Waals surface area contributed by atoms with Gasteiger partial charge < -0.3 is 28.5 Å². The number of quaternary nitrogens is 1. The second kappa shape index (κ2) is 12.2. The molecule has 0 heterocycles. The molecule has 0 radical (unpaired) electrons. The Hall–Kier alpha value is 0.600. The van der Waals surface area contributed by atoms with Crippen molar-refractivity contribution in [2.75, 3.05) is 40.0 Å². The second-order valence-electron chi connectivity index (χ2n) is 6.35. The van der Waals surface area contributed by atoms with Gasteiger partial charge >= 0.3 is 0 Å². The molecule has 0 saturated heterocycles. The highest BCUT2D eigenvalue weighted by molar-refractivity contribution is 7.89. The standard InChI is InChI=1S/C14H33N2O2S.HI/c1-5-6-7-8-9-10-14-19(17,18)15-12-11-13-16(2,3)4;/h15H,5-14H2,1-4H3;1H/q+1;/p-1. The van der Waals surface area contributed by atoms with Gasteiger partial charge in [0, 0.05) is 13.0 Å². The smallest absolute Gasteiger partial charge is 0.211 e. The average molecular weight is 420 g/mol. The zero-order valence-electron chi connectivity index (χ0n) is 13.6. The molecule has 0 aliphatic heterocycles. The molecule has 0 aromatic heterocycles. The molecule has 1 N–H and O–H groups in total. The largest absolute Gasteiger partial charge is 1.00 e. The normalized spacial score (nSPS) is 12.2. The van der Waals surface area contributed by atoms with Crippen molar-refractivity contribution in [2.24, 2.45) is 0 Å². The Kier molecular flexibility index (Phi) is 13.9. The Balaban J connectivity index is 0. The summed E-state index contributed by atoms with van der Waals surface area (Å²) in [6.07, 6.45) is 7.58. The van der Waals surface area contributed by atoms with Crippen LogP contribution in [0.4, 0.5) is 0 Å². The van der Waals surface area contributed by atoms with E-state index in [4.69, 9.17) is 0 Å². The van der Waals surface area contributed by atoms with Gasteiger partial charge in [0.05, 0.1) is 33.4 Å². The predicted octanol–water partition coefficient (Wildman–Crippen LogP) is -0.633. The molecule has 0 rings (SSSR count). The monoisotopic (exact) mass is 420 g/mol. The van der Waals surface area contributed by atoms with Crippen LogP contribution in [-0.2, 0) is 10.0 Å². The molecule has 6 heteroatoms. The zero-order valence-corrected chi connectivity index (χ0v) is 16.6. The maximum absolute atomic E-state index is 11.7. The van der Waals surface area contributed by atoms with Gasteiger partial charge in [0.25, 0.3) is 0 Å². The van der Waals surface area contributed by atoms with Crippen molar-refractivity contribution in [2.45, 2.75) is 51.9 Å². The van der Waals surface area contributed by atoms with Crippen LogP contribution in [0.25, 0.3) is 0 Å². The summed E-state index contributed by atoms with van der Waals surface area (Å²) in [4.78, 5) is 0. The maximum Gasteiger partial charge on any atom is 0.211 e. The summed E-state index contributed by atoms with van der Waals surface area (Å²) < 4.78 is 27.0. The summed E-state index contributed by atoms with van der Waals surface area (Å²) in [5.41, 5.74) is 0. The van der Waals surface area contributed by atoms with E-state index in [-0.39, 0.29) is 29.7 Å². The van der Waals surface area contributed by atoms with Gasteiger partial charge in [-0.2, -0.15) is 0 Å². The number of hydrogen-bond acceptors (Lipinski definition) is 2. The number of nitrogens with zero attached hydrogens (tertiary/aromatic N) is 1. The number of nitrogens with one attached hydrogen (secondary N) is 1. The third-order valence-corrected chi connectivity index (χ3v) is 4.56. The van der Waals surface area contributed by atoms with Gasteiger partial charge in [0.15, 0.2) is 0 Å². The van der Waals surface area contributed by atoms with Crippen LogP contribution in [0.15, 0.2) is 0 Å². The van der Waals surface area contributed by atoms with E-state index in [0.29, 0.717) is 6.54 Å². The van der Waals surface area contributed by atoms with Crippen molar-refractivity contribution in [3.63, 3.8) is 0 Å². The van der Waals surface area contributed by atoms with Gasteiger partial charge in [-0.1, -0.05) is 39.0 Å². The van der Waals surface area contributed by atoms with E-state index in [1.165, 1.54) is 19.3 Å². The minimum absolute atomic E-state index is 0. The number of rotatable bonds is 12. The Morgan fingerprint density at radius 3 is 2.00 bits per heavy atom. The number of unbranched alkanes of at least 4 members (excludes halogenated alkanes) is 5. The molecule has 0 atom stereocenters. The lowest BCUT2D eigenvalue weighted by Crippen LogP contribution is -3.00. The summed E-state index contributed by atoms with van der Waals surface area (Å²) in [5.74, 6) is 0.281. The van der Waals surface area contributed by atoms with Crippen molar-refractivity contribution in [1.82, 2.24) is 4.72 Å². The van der Waals surface area contributed by atoms with Crippen LogP contribution in [0.2, 0.25) is 0 Å². The van der Waals surface area contributed by atoms with E-state index >= 15 is 0 Å². The fraction of sp³-hybridized carbons (Fsp3) is 1.00. The lowest BCUT2D eigenvalue weighted by Gasteiger charge is -2.23. The molecule has 0 amide bonds. The van der Waals surface area contributed by atoms with Crippen LogP contribution in [0, 0.1) is 0 Å². The quantitative estimate of drug-likeness (QED) is 0.260. The van der Waals surface area contributed by atoms with Crippen molar-refractivity contribution in [3.05, 3.63) is 0 Å². The molecule has 0 aromatic rings. The van der Waals surface area contributed by atoms with Gasteiger partial charge in [-0.25, -0.2) is 13.1 Å². The van der Waals surface area contributed by atoms with Crippen molar-refractivity contribution in [3.8, 4) is 0 Å². The molecule has 0 aromatic carbocycles. The van der Waals surface area contributed by atoms with E-state index in [2.05, 4.69) is 32.8 Å². The van der Waals surface area contributed by atoms with Gasteiger partial charge in [0.1, 0.15) is 0 Å². The van der Waals surface area contributed by atoms with E-state index in [1.54, 1.807) is 0 Å². The molecular formula is C14H33IN2O2S. The Morgan fingerprint density at radius 1 is 0.900 bits per heavy atom. The Bertz CT molecular complexity index is 314. The van der Waals surface area contributed by atoms with E-state index < -0.39 is 10.0 Å². The second-order valence-corrected chi connectivity index (χ2v) is 8.27. The highest BCUT2D eigenvalue weighted by atomic mass is 127. The molecule has 0 unspecified atom stereocenters. The van der Waals surface area contributed by atoms with Crippen LogP contribution in [0.5, 0.6) is 0 Å².